The van der Waals surface area contributed by atoms with Crippen molar-refractivity contribution < 1.29 is 0 Å². The molecule has 3 N–H and O–H groups in total. The molecular weight excluding hydrogens is 186 g/mol. The summed E-state index contributed by atoms with van der Waals surface area (Å²) in [6, 6.07) is 7.91. The third kappa shape index (κ3) is 2.18. The molecule has 1 aromatic carbocycles. The van der Waals surface area contributed by atoms with E-state index in [-0.39, 0.29) is 0 Å². The lowest BCUT2D eigenvalue weighted by Gasteiger charge is -2.07. The maximum atomic E-state index is 5.77. The van der Waals surface area contributed by atoms with Crippen LogP contribution < -0.4 is 11.1 Å². The molecule has 1 heterocycles. The van der Waals surface area contributed by atoms with Gasteiger partial charge in [-0.3, -0.25) is 4.98 Å². The fourth-order valence-electron chi connectivity index (χ4n) is 1.44. The molecule has 0 saturated carbocycles. The second-order valence-electron chi connectivity index (χ2n) is 2.86. The van der Waals surface area contributed by atoms with E-state index in [1.54, 1.807) is 6.20 Å². The highest BCUT2D eigenvalue weighted by molar-refractivity contribution is 5.96. The van der Waals surface area contributed by atoms with Crippen LogP contribution in [0.25, 0.3) is 10.9 Å². The van der Waals surface area contributed by atoms with Crippen molar-refractivity contribution in [2.75, 3.05) is 18.1 Å². The number of nitrogens with zero attached hydrogens (tertiary/aromatic N) is 1. The number of anilines is 2. The van der Waals surface area contributed by atoms with Gasteiger partial charge in [-0.25, -0.2) is 0 Å². The molecule has 2 aromatic rings. The zero-order valence-electron chi connectivity index (χ0n) is 9.41. The Morgan fingerprint density at radius 3 is 2.53 bits per heavy atom. The Balaban J connectivity index is 0.000000531. The van der Waals surface area contributed by atoms with Crippen molar-refractivity contribution in [1.29, 1.82) is 0 Å². The number of nitrogens with one attached hydrogen (secondary N) is 1. The molecule has 0 unspecified atom stereocenters. The van der Waals surface area contributed by atoms with Crippen LogP contribution in [0, 0.1) is 0 Å². The molecule has 2 rings (SSSR count). The first-order valence-corrected chi connectivity index (χ1v) is 5.14. The maximum absolute atomic E-state index is 5.77. The zero-order chi connectivity index (χ0) is 11.3. The van der Waals surface area contributed by atoms with E-state index >= 15 is 0 Å². The van der Waals surface area contributed by atoms with Crippen molar-refractivity contribution >= 4 is 22.3 Å². The summed E-state index contributed by atoms with van der Waals surface area (Å²) < 4.78 is 0. The van der Waals surface area contributed by atoms with E-state index in [0.29, 0.717) is 5.69 Å². The number of nitrogens with two attached hydrogens (primary N) is 1. The van der Waals surface area contributed by atoms with Gasteiger partial charge in [0.05, 0.1) is 23.1 Å². The fraction of sp³-hybridized carbons (Fsp3) is 0.250. The molecule has 0 aliphatic rings. The predicted octanol–water partition coefficient (Wildman–Crippen LogP) is 2.88. The van der Waals surface area contributed by atoms with Crippen LogP contribution in [-0.2, 0) is 0 Å². The number of benzene rings is 1. The van der Waals surface area contributed by atoms with E-state index in [4.69, 9.17) is 5.73 Å². The zero-order valence-corrected chi connectivity index (χ0v) is 9.41. The summed E-state index contributed by atoms with van der Waals surface area (Å²) in [6.45, 7) is 4.00. The molecule has 0 atom stereocenters. The van der Waals surface area contributed by atoms with Crippen LogP contribution in [0.4, 0.5) is 11.4 Å². The normalized spacial score (nSPS) is 9.27. The molecule has 3 nitrogen and oxygen atoms in total. The van der Waals surface area contributed by atoms with Crippen molar-refractivity contribution in [2.24, 2.45) is 0 Å². The van der Waals surface area contributed by atoms with Gasteiger partial charge in [0.1, 0.15) is 0 Å². The first kappa shape index (κ1) is 11.3. The van der Waals surface area contributed by atoms with Crippen LogP contribution in [0.2, 0.25) is 0 Å². The molecule has 80 valence electrons. The number of aromatic nitrogens is 1. The molecule has 0 saturated heterocycles. The molecule has 3 heteroatoms. The van der Waals surface area contributed by atoms with Gasteiger partial charge in [0.25, 0.3) is 0 Å². The molecule has 0 aliphatic heterocycles. The third-order valence-corrected chi connectivity index (χ3v) is 2.05. The quantitative estimate of drug-likeness (QED) is 0.749. The molecule has 1 aromatic heterocycles. The van der Waals surface area contributed by atoms with Gasteiger partial charge < -0.3 is 11.1 Å². The van der Waals surface area contributed by atoms with Crippen molar-refractivity contribution in [3.8, 4) is 0 Å². The highest BCUT2D eigenvalue weighted by Gasteiger charge is 2.02. The first-order valence-electron chi connectivity index (χ1n) is 5.14. The number of nitrogen functional groups attached to an aromatic ring is 1. The van der Waals surface area contributed by atoms with Gasteiger partial charge in [0.15, 0.2) is 0 Å². The molecular formula is C12H17N3. The summed E-state index contributed by atoms with van der Waals surface area (Å²) in [5.74, 6) is 0. The molecule has 0 radical (unpaired) electrons. The number of pyridine rings is 1. The van der Waals surface area contributed by atoms with Crippen LogP contribution >= 0.6 is 0 Å². The Bertz CT molecular complexity index is 438. The van der Waals surface area contributed by atoms with Gasteiger partial charge in [0.2, 0.25) is 0 Å². The summed E-state index contributed by atoms with van der Waals surface area (Å²) in [5, 5.41) is 4.13. The molecule has 0 fully saturated rings. The monoisotopic (exact) mass is 203 g/mol. The van der Waals surface area contributed by atoms with Gasteiger partial charge in [0, 0.05) is 12.4 Å². The second kappa shape index (κ2) is 5.20. The molecule has 0 aliphatic carbocycles. The second-order valence-corrected chi connectivity index (χ2v) is 2.86. The standard InChI is InChI=1S/C10H11N3.C2H6/c1-12-10-7-4-2-3-5-9(7)13-6-8(10)11;1-2/h2-6H,11H2,1H3,(H,12,13);1-2H3. The Hall–Kier alpha value is -1.77. The minimum Gasteiger partial charge on any atom is -0.396 e. The minimum absolute atomic E-state index is 0.682. The predicted molar refractivity (Wildman–Crippen MR) is 67.1 cm³/mol. The number of hydrogen-bond donors (Lipinski definition) is 2. The average Bonchev–Trinajstić information content (AvgIpc) is 2.32. The summed E-state index contributed by atoms with van der Waals surface area (Å²) in [7, 11) is 1.86. The maximum Gasteiger partial charge on any atom is 0.0742 e. The topological polar surface area (TPSA) is 50.9 Å². The van der Waals surface area contributed by atoms with Crippen molar-refractivity contribution in [2.45, 2.75) is 13.8 Å². The Kier molecular flexibility index (Phi) is 3.92. The number of fused-ring (bicyclic) bond motifs is 1. The lowest BCUT2D eigenvalue weighted by Crippen LogP contribution is -1.97. The molecule has 0 bridgehead atoms. The van der Waals surface area contributed by atoms with Crippen LogP contribution in [0.3, 0.4) is 0 Å². The number of para-hydroxylation sites is 1. The van der Waals surface area contributed by atoms with Crippen LogP contribution in [0.5, 0.6) is 0 Å². The highest BCUT2D eigenvalue weighted by atomic mass is 14.9. The van der Waals surface area contributed by atoms with Gasteiger partial charge in [-0.1, -0.05) is 32.0 Å². The van der Waals surface area contributed by atoms with Crippen LogP contribution in [0.15, 0.2) is 30.5 Å². The average molecular weight is 203 g/mol. The summed E-state index contributed by atoms with van der Waals surface area (Å²) >= 11 is 0. The van der Waals surface area contributed by atoms with Gasteiger partial charge in [-0.15, -0.1) is 0 Å². The Morgan fingerprint density at radius 2 is 1.87 bits per heavy atom. The molecule has 0 amide bonds. The van der Waals surface area contributed by atoms with Crippen molar-refractivity contribution in [1.82, 2.24) is 4.98 Å². The van der Waals surface area contributed by atoms with Gasteiger partial charge >= 0.3 is 0 Å². The van der Waals surface area contributed by atoms with E-state index in [1.165, 1.54) is 0 Å². The number of hydrogen-bond acceptors (Lipinski definition) is 3. The van der Waals surface area contributed by atoms with Gasteiger partial charge in [-0.05, 0) is 6.07 Å². The first-order chi connectivity index (χ1) is 7.33. The Morgan fingerprint density at radius 1 is 1.20 bits per heavy atom. The van der Waals surface area contributed by atoms with E-state index in [9.17, 15) is 0 Å². The molecule has 15 heavy (non-hydrogen) atoms. The minimum atomic E-state index is 0.682. The van der Waals surface area contributed by atoms with Crippen LogP contribution in [0.1, 0.15) is 13.8 Å². The van der Waals surface area contributed by atoms with E-state index in [2.05, 4.69) is 10.3 Å². The van der Waals surface area contributed by atoms with Crippen molar-refractivity contribution in [3.63, 3.8) is 0 Å². The lowest BCUT2D eigenvalue weighted by atomic mass is 10.1. The lowest BCUT2D eigenvalue weighted by molar-refractivity contribution is 1.40. The third-order valence-electron chi connectivity index (χ3n) is 2.05. The fourth-order valence-corrected chi connectivity index (χ4v) is 1.44. The summed E-state index contributed by atoms with van der Waals surface area (Å²) in [4.78, 5) is 4.22. The van der Waals surface area contributed by atoms with E-state index < -0.39 is 0 Å². The van der Waals surface area contributed by atoms with Crippen molar-refractivity contribution in [3.05, 3.63) is 30.5 Å². The SMILES string of the molecule is CC.CNc1c(N)cnc2ccccc12. The highest BCUT2D eigenvalue weighted by Crippen LogP contribution is 2.26. The largest absolute Gasteiger partial charge is 0.396 e. The van der Waals surface area contributed by atoms with E-state index in [0.717, 1.165) is 16.6 Å². The molecule has 0 spiro atoms. The number of rotatable bonds is 1. The summed E-state index contributed by atoms with van der Waals surface area (Å²) in [6.07, 6.45) is 1.67. The van der Waals surface area contributed by atoms with Gasteiger partial charge in [-0.2, -0.15) is 0 Å². The van der Waals surface area contributed by atoms with E-state index in [1.807, 2.05) is 45.2 Å². The summed E-state index contributed by atoms with van der Waals surface area (Å²) in [5.41, 5.74) is 8.36. The smallest absolute Gasteiger partial charge is 0.0742 e. The Labute approximate surface area is 90.3 Å². The van der Waals surface area contributed by atoms with Crippen LogP contribution in [-0.4, -0.2) is 12.0 Å².